The SMILES string of the molecule is Cl.Cn1nc(C2CCC(c3ccccc3)C2)c(C(=O)O)c1N. The highest BCUT2D eigenvalue weighted by Crippen LogP contribution is 2.44. The van der Waals surface area contributed by atoms with Gasteiger partial charge in [-0.25, -0.2) is 4.79 Å². The van der Waals surface area contributed by atoms with Crippen molar-refractivity contribution in [1.29, 1.82) is 0 Å². The molecule has 0 spiro atoms. The first-order valence-electron chi connectivity index (χ1n) is 7.18. The van der Waals surface area contributed by atoms with Gasteiger partial charge in [0.1, 0.15) is 11.4 Å². The van der Waals surface area contributed by atoms with Gasteiger partial charge >= 0.3 is 5.97 Å². The van der Waals surface area contributed by atoms with E-state index in [1.807, 2.05) is 18.2 Å². The monoisotopic (exact) mass is 321 g/mol. The Hall–Kier alpha value is -2.01. The lowest BCUT2D eigenvalue weighted by Gasteiger charge is -2.11. The van der Waals surface area contributed by atoms with E-state index < -0.39 is 5.97 Å². The molecule has 2 atom stereocenters. The van der Waals surface area contributed by atoms with Gasteiger partial charge in [0.05, 0.1) is 5.69 Å². The minimum Gasteiger partial charge on any atom is -0.477 e. The van der Waals surface area contributed by atoms with E-state index in [4.69, 9.17) is 5.73 Å². The summed E-state index contributed by atoms with van der Waals surface area (Å²) >= 11 is 0. The van der Waals surface area contributed by atoms with Gasteiger partial charge in [-0.3, -0.25) is 4.68 Å². The fourth-order valence-electron chi connectivity index (χ4n) is 3.32. The van der Waals surface area contributed by atoms with Crippen LogP contribution >= 0.6 is 12.4 Å². The molecule has 1 saturated carbocycles. The number of hydrogen-bond acceptors (Lipinski definition) is 3. The van der Waals surface area contributed by atoms with Crippen molar-refractivity contribution >= 4 is 24.2 Å². The summed E-state index contributed by atoms with van der Waals surface area (Å²) in [6.45, 7) is 0. The van der Waals surface area contributed by atoms with E-state index in [9.17, 15) is 9.90 Å². The maximum atomic E-state index is 11.4. The van der Waals surface area contributed by atoms with Crippen molar-refractivity contribution in [1.82, 2.24) is 9.78 Å². The molecular weight excluding hydrogens is 302 g/mol. The fraction of sp³-hybridized carbons (Fsp3) is 0.375. The van der Waals surface area contributed by atoms with Gasteiger partial charge in [0.2, 0.25) is 0 Å². The number of nitrogen functional groups attached to an aromatic ring is 1. The van der Waals surface area contributed by atoms with Gasteiger partial charge in [0.15, 0.2) is 0 Å². The molecule has 118 valence electrons. The number of halogens is 1. The van der Waals surface area contributed by atoms with E-state index in [1.165, 1.54) is 10.2 Å². The van der Waals surface area contributed by atoms with Crippen molar-refractivity contribution in [2.45, 2.75) is 31.1 Å². The Balaban J connectivity index is 0.00000176. The molecule has 2 unspecified atom stereocenters. The highest BCUT2D eigenvalue weighted by atomic mass is 35.5. The average molecular weight is 322 g/mol. The molecular formula is C16H20ClN3O2. The molecule has 1 aromatic heterocycles. The number of benzene rings is 1. The summed E-state index contributed by atoms with van der Waals surface area (Å²) in [5, 5.41) is 13.7. The third-order valence-electron chi connectivity index (χ3n) is 4.42. The van der Waals surface area contributed by atoms with Crippen LogP contribution in [-0.4, -0.2) is 20.9 Å². The molecule has 0 saturated heterocycles. The predicted molar refractivity (Wildman–Crippen MR) is 87.6 cm³/mol. The second-order valence-corrected chi connectivity index (χ2v) is 5.69. The molecule has 1 fully saturated rings. The fourth-order valence-corrected chi connectivity index (χ4v) is 3.32. The number of rotatable bonds is 3. The summed E-state index contributed by atoms with van der Waals surface area (Å²) in [6.07, 6.45) is 2.95. The lowest BCUT2D eigenvalue weighted by Crippen LogP contribution is -2.06. The van der Waals surface area contributed by atoms with Crippen molar-refractivity contribution in [2.75, 3.05) is 5.73 Å². The number of nitrogens with two attached hydrogens (primary N) is 1. The van der Waals surface area contributed by atoms with Crippen LogP contribution in [0.25, 0.3) is 0 Å². The van der Waals surface area contributed by atoms with Crippen molar-refractivity contribution in [3.63, 3.8) is 0 Å². The number of aryl methyl sites for hydroxylation is 1. The van der Waals surface area contributed by atoms with Crippen LogP contribution in [0.1, 0.15) is 52.7 Å². The van der Waals surface area contributed by atoms with Crippen LogP contribution in [0.2, 0.25) is 0 Å². The number of hydrogen-bond donors (Lipinski definition) is 2. The molecule has 1 aliphatic carbocycles. The largest absolute Gasteiger partial charge is 0.477 e. The van der Waals surface area contributed by atoms with Crippen LogP contribution in [0.3, 0.4) is 0 Å². The summed E-state index contributed by atoms with van der Waals surface area (Å²) in [6, 6.07) is 10.4. The molecule has 3 N–H and O–H groups in total. The van der Waals surface area contributed by atoms with Crippen LogP contribution in [-0.2, 0) is 7.05 Å². The highest BCUT2D eigenvalue weighted by molar-refractivity contribution is 5.94. The Labute approximate surface area is 135 Å². The van der Waals surface area contributed by atoms with Gasteiger partial charge in [-0.05, 0) is 30.7 Å². The summed E-state index contributed by atoms with van der Waals surface area (Å²) in [5.41, 5.74) is 7.97. The molecule has 1 aliphatic rings. The Kier molecular flexibility index (Phi) is 4.76. The Bertz CT molecular complexity index is 670. The van der Waals surface area contributed by atoms with Gasteiger partial charge in [-0.1, -0.05) is 30.3 Å². The van der Waals surface area contributed by atoms with Crippen molar-refractivity contribution in [3.8, 4) is 0 Å². The molecule has 3 rings (SSSR count). The first-order valence-corrected chi connectivity index (χ1v) is 7.18. The second kappa shape index (κ2) is 6.40. The lowest BCUT2D eigenvalue weighted by atomic mass is 9.94. The van der Waals surface area contributed by atoms with Crippen LogP contribution in [0.5, 0.6) is 0 Å². The molecule has 5 nitrogen and oxygen atoms in total. The number of nitrogens with zero attached hydrogens (tertiary/aromatic N) is 2. The van der Waals surface area contributed by atoms with Crippen LogP contribution in [0.4, 0.5) is 5.82 Å². The summed E-state index contributed by atoms with van der Waals surface area (Å²) in [4.78, 5) is 11.4. The first-order chi connectivity index (χ1) is 10.1. The van der Waals surface area contributed by atoms with Crippen LogP contribution in [0, 0.1) is 0 Å². The molecule has 0 bridgehead atoms. The Morgan fingerprint density at radius 3 is 2.55 bits per heavy atom. The number of aromatic carboxylic acids is 1. The van der Waals surface area contributed by atoms with Gasteiger partial charge in [0.25, 0.3) is 0 Å². The van der Waals surface area contributed by atoms with E-state index in [1.54, 1.807) is 7.05 Å². The molecule has 1 aromatic carbocycles. The van der Waals surface area contributed by atoms with Crippen LogP contribution < -0.4 is 5.73 Å². The topological polar surface area (TPSA) is 81.1 Å². The van der Waals surface area contributed by atoms with E-state index in [2.05, 4.69) is 17.2 Å². The van der Waals surface area contributed by atoms with E-state index >= 15 is 0 Å². The minimum atomic E-state index is -0.987. The first kappa shape index (κ1) is 16.4. The van der Waals surface area contributed by atoms with Gasteiger partial charge in [-0.15, -0.1) is 12.4 Å². The average Bonchev–Trinajstić information content (AvgIpc) is 3.06. The normalized spacial score (nSPS) is 20.6. The molecule has 0 aliphatic heterocycles. The smallest absolute Gasteiger partial charge is 0.341 e. The van der Waals surface area contributed by atoms with Crippen LogP contribution in [0.15, 0.2) is 30.3 Å². The maximum absolute atomic E-state index is 11.4. The van der Waals surface area contributed by atoms with Crippen molar-refractivity contribution in [3.05, 3.63) is 47.2 Å². The van der Waals surface area contributed by atoms with Gasteiger partial charge in [0, 0.05) is 13.0 Å². The zero-order chi connectivity index (χ0) is 15.0. The molecule has 2 aromatic rings. The number of aromatic nitrogens is 2. The third kappa shape index (κ3) is 2.81. The van der Waals surface area contributed by atoms with Gasteiger partial charge in [-0.2, -0.15) is 5.10 Å². The quantitative estimate of drug-likeness (QED) is 0.909. The number of carbonyl (C=O) groups is 1. The van der Waals surface area contributed by atoms with E-state index in [0.29, 0.717) is 11.6 Å². The van der Waals surface area contributed by atoms with E-state index in [0.717, 1.165) is 19.3 Å². The minimum absolute atomic E-state index is 0. The van der Waals surface area contributed by atoms with Crippen molar-refractivity contribution < 1.29 is 9.90 Å². The maximum Gasteiger partial charge on any atom is 0.341 e. The summed E-state index contributed by atoms with van der Waals surface area (Å²) < 4.78 is 1.47. The molecule has 0 radical (unpaired) electrons. The standard InChI is InChI=1S/C16H19N3O2.ClH/c1-19-15(17)13(16(20)21)14(18-19)12-8-7-11(9-12)10-5-3-2-4-6-10;/h2-6,11-12H,7-9,17H2,1H3,(H,20,21);1H. The Morgan fingerprint density at radius 2 is 1.91 bits per heavy atom. The second-order valence-electron chi connectivity index (χ2n) is 5.69. The van der Waals surface area contributed by atoms with E-state index in [-0.39, 0.29) is 29.7 Å². The third-order valence-corrected chi connectivity index (χ3v) is 4.42. The summed E-state index contributed by atoms with van der Waals surface area (Å²) in [7, 11) is 1.69. The van der Waals surface area contributed by atoms with Crippen molar-refractivity contribution in [2.24, 2.45) is 7.05 Å². The highest BCUT2D eigenvalue weighted by Gasteiger charge is 2.33. The Morgan fingerprint density at radius 1 is 1.27 bits per heavy atom. The zero-order valence-corrected chi connectivity index (χ0v) is 13.2. The molecule has 22 heavy (non-hydrogen) atoms. The molecule has 1 heterocycles. The summed E-state index contributed by atoms with van der Waals surface area (Å²) in [5.74, 6) is -0.106. The number of carboxylic acid groups (broad SMARTS) is 1. The lowest BCUT2D eigenvalue weighted by molar-refractivity contribution is 0.0696. The molecule has 6 heteroatoms. The molecule has 0 amide bonds. The zero-order valence-electron chi connectivity index (χ0n) is 12.4. The number of carboxylic acids is 1. The predicted octanol–water partition coefficient (Wildman–Crippen LogP) is 3.17. The number of anilines is 1. The van der Waals surface area contributed by atoms with Gasteiger partial charge < -0.3 is 10.8 Å².